The first kappa shape index (κ1) is 10.8. The molecule has 2 atom stereocenters. The van der Waals surface area contributed by atoms with Crippen molar-refractivity contribution in [3.63, 3.8) is 0 Å². The number of para-hydroxylation sites is 1. The van der Waals surface area contributed by atoms with E-state index in [1.165, 1.54) is 5.56 Å². The molecule has 0 saturated carbocycles. The van der Waals surface area contributed by atoms with E-state index in [9.17, 15) is 0 Å². The van der Waals surface area contributed by atoms with Crippen molar-refractivity contribution in [3.8, 4) is 5.75 Å². The van der Waals surface area contributed by atoms with E-state index in [2.05, 4.69) is 36.7 Å². The Labute approximate surface area is 95.4 Å². The van der Waals surface area contributed by atoms with Crippen molar-refractivity contribution in [2.75, 3.05) is 19.4 Å². The Morgan fingerprint density at radius 1 is 1.47 bits per heavy atom. The lowest BCUT2D eigenvalue weighted by molar-refractivity contribution is 0.262. The van der Waals surface area contributed by atoms with Crippen LogP contribution in [0.15, 0.2) is 24.3 Å². The number of rotatable bonds is 3. The molecule has 0 aliphatic carbocycles. The minimum Gasteiger partial charge on any atom is -0.492 e. The molecular weight excluding hydrogens is 206 g/mol. The van der Waals surface area contributed by atoms with E-state index in [4.69, 9.17) is 4.74 Å². The van der Waals surface area contributed by atoms with Gasteiger partial charge >= 0.3 is 0 Å². The topological polar surface area (TPSA) is 21.3 Å². The van der Waals surface area contributed by atoms with Crippen molar-refractivity contribution in [2.45, 2.75) is 18.2 Å². The van der Waals surface area contributed by atoms with Crippen molar-refractivity contribution in [2.24, 2.45) is 0 Å². The van der Waals surface area contributed by atoms with Crippen LogP contribution >= 0.6 is 11.8 Å². The van der Waals surface area contributed by atoms with E-state index < -0.39 is 0 Å². The molecule has 0 aromatic heterocycles. The van der Waals surface area contributed by atoms with Crippen LogP contribution in [0.1, 0.15) is 18.5 Å². The van der Waals surface area contributed by atoms with Gasteiger partial charge in [0, 0.05) is 5.56 Å². The maximum Gasteiger partial charge on any atom is 0.124 e. The Bertz CT molecular complexity index is 329. The van der Waals surface area contributed by atoms with Crippen molar-refractivity contribution >= 4 is 11.8 Å². The number of hydrogen-bond acceptors (Lipinski definition) is 3. The Morgan fingerprint density at radius 2 is 2.27 bits per heavy atom. The van der Waals surface area contributed by atoms with Crippen LogP contribution in [0, 0.1) is 0 Å². The molecule has 1 aromatic carbocycles. The highest BCUT2D eigenvalue weighted by molar-refractivity contribution is 7.99. The van der Waals surface area contributed by atoms with Crippen molar-refractivity contribution in [1.82, 2.24) is 5.32 Å². The van der Waals surface area contributed by atoms with Gasteiger partial charge in [-0.3, -0.25) is 0 Å². The highest BCUT2D eigenvalue weighted by Crippen LogP contribution is 2.36. The van der Waals surface area contributed by atoms with Gasteiger partial charge in [0.15, 0.2) is 0 Å². The summed E-state index contributed by atoms with van der Waals surface area (Å²) in [5.74, 6) is 1.04. The van der Waals surface area contributed by atoms with Gasteiger partial charge in [-0.05, 0) is 18.9 Å². The third-order valence-corrected chi connectivity index (χ3v) is 3.77. The first-order chi connectivity index (χ1) is 7.36. The Hall–Kier alpha value is -0.670. The maximum absolute atomic E-state index is 5.74. The number of hydrogen-bond donors (Lipinski definition) is 1. The van der Waals surface area contributed by atoms with Gasteiger partial charge in [0.2, 0.25) is 0 Å². The summed E-state index contributed by atoms with van der Waals surface area (Å²) in [6.07, 6.45) is 2.15. The molecular formula is C12H17NOS. The molecule has 82 valence electrons. The number of benzene rings is 1. The molecule has 0 bridgehead atoms. The molecule has 0 radical (unpaired) electrons. The lowest BCUT2D eigenvalue weighted by atomic mass is 10.0. The zero-order valence-corrected chi connectivity index (χ0v) is 10.0. The van der Waals surface area contributed by atoms with Crippen LogP contribution in [0.5, 0.6) is 5.75 Å². The fraction of sp³-hybridized carbons (Fsp3) is 0.500. The van der Waals surface area contributed by atoms with Crippen LogP contribution in [0.4, 0.5) is 0 Å². The molecule has 2 rings (SSSR count). The third kappa shape index (κ3) is 2.13. The van der Waals surface area contributed by atoms with Gasteiger partial charge in [-0.25, -0.2) is 0 Å². The molecule has 1 N–H and O–H groups in total. The van der Waals surface area contributed by atoms with E-state index in [1.54, 1.807) is 0 Å². The minimum absolute atomic E-state index is 0.426. The number of nitrogens with one attached hydrogen (secondary N) is 1. The predicted octanol–water partition coefficient (Wildman–Crippen LogP) is 2.46. The lowest BCUT2D eigenvalue weighted by Gasteiger charge is -2.33. The van der Waals surface area contributed by atoms with Crippen molar-refractivity contribution < 1.29 is 4.74 Å². The van der Waals surface area contributed by atoms with Gasteiger partial charge in [-0.1, -0.05) is 25.1 Å². The van der Waals surface area contributed by atoms with Gasteiger partial charge in [0.25, 0.3) is 0 Å². The standard InChI is InChI=1S/C12H17NOS/c1-3-13-12-9-6-4-5-7-10(9)14-8-11(12)15-2/h4-7,11-13H,3,8H2,1-2H3. The van der Waals surface area contributed by atoms with Crippen LogP contribution in [0.25, 0.3) is 0 Å². The van der Waals surface area contributed by atoms with Crippen molar-refractivity contribution in [1.29, 1.82) is 0 Å². The number of thioether (sulfide) groups is 1. The molecule has 0 spiro atoms. The predicted molar refractivity (Wildman–Crippen MR) is 65.7 cm³/mol. The zero-order valence-electron chi connectivity index (χ0n) is 9.19. The fourth-order valence-electron chi connectivity index (χ4n) is 2.00. The van der Waals surface area contributed by atoms with Gasteiger partial charge in [0.1, 0.15) is 12.4 Å². The van der Waals surface area contributed by atoms with E-state index in [0.717, 1.165) is 18.9 Å². The summed E-state index contributed by atoms with van der Waals surface area (Å²) < 4.78 is 5.74. The van der Waals surface area contributed by atoms with Gasteiger partial charge in [0.05, 0.1) is 11.3 Å². The summed E-state index contributed by atoms with van der Waals surface area (Å²) in [6.45, 7) is 3.95. The van der Waals surface area contributed by atoms with Gasteiger partial charge in [-0.15, -0.1) is 0 Å². The fourth-order valence-corrected chi connectivity index (χ4v) is 2.72. The molecule has 3 heteroatoms. The van der Waals surface area contributed by atoms with E-state index in [-0.39, 0.29) is 0 Å². The molecule has 2 unspecified atom stereocenters. The highest BCUT2D eigenvalue weighted by atomic mass is 32.2. The monoisotopic (exact) mass is 223 g/mol. The van der Waals surface area contributed by atoms with Gasteiger partial charge < -0.3 is 10.1 Å². The van der Waals surface area contributed by atoms with E-state index in [1.807, 2.05) is 17.8 Å². The summed E-state index contributed by atoms with van der Waals surface area (Å²) in [6, 6.07) is 8.74. The molecule has 0 fully saturated rings. The molecule has 2 nitrogen and oxygen atoms in total. The second-order valence-electron chi connectivity index (χ2n) is 3.66. The highest BCUT2D eigenvalue weighted by Gasteiger charge is 2.29. The molecule has 0 amide bonds. The summed E-state index contributed by atoms with van der Waals surface area (Å²) in [5, 5.41) is 4.05. The van der Waals surface area contributed by atoms with Crippen molar-refractivity contribution in [3.05, 3.63) is 29.8 Å². The molecule has 1 aliphatic rings. The largest absolute Gasteiger partial charge is 0.492 e. The van der Waals surface area contributed by atoms with Crippen LogP contribution in [0.3, 0.4) is 0 Å². The number of fused-ring (bicyclic) bond motifs is 1. The van der Waals surface area contributed by atoms with Crippen LogP contribution in [-0.4, -0.2) is 24.7 Å². The zero-order chi connectivity index (χ0) is 10.7. The summed E-state index contributed by atoms with van der Waals surface area (Å²) in [4.78, 5) is 0. The molecule has 0 saturated heterocycles. The van der Waals surface area contributed by atoms with Crippen LogP contribution < -0.4 is 10.1 Å². The smallest absolute Gasteiger partial charge is 0.124 e. The van der Waals surface area contributed by atoms with Crippen LogP contribution in [0.2, 0.25) is 0 Å². The Kier molecular flexibility index (Phi) is 3.54. The summed E-state index contributed by atoms with van der Waals surface area (Å²) in [7, 11) is 0. The Balaban J connectivity index is 2.29. The normalized spacial score (nSPS) is 24.4. The average molecular weight is 223 g/mol. The quantitative estimate of drug-likeness (QED) is 0.850. The molecule has 1 heterocycles. The van der Waals surface area contributed by atoms with E-state index in [0.29, 0.717) is 11.3 Å². The lowest BCUT2D eigenvalue weighted by Crippen LogP contribution is -2.37. The third-order valence-electron chi connectivity index (χ3n) is 2.76. The van der Waals surface area contributed by atoms with Gasteiger partial charge in [-0.2, -0.15) is 11.8 Å². The first-order valence-corrected chi connectivity index (χ1v) is 6.63. The minimum atomic E-state index is 0.426. The summed E-state index contributed by atoms with van der Waals surface area (Å²) >= 11 is 1.87. The Morgan fingerprint density at radius 3 is 3.00 bits per heavy atom. The van der Waals surface area contributed by atoms with Crippen LogP contribution in [-0.2, 0) is 0 Å². The molecule has 1 aliphatic heterocycles. The molecule has 1 aromatic rings. The summed E-state index contributed by atoms with van der Waals surface area (Å²) in [5.41, 5.74) is 1.30. The second-order valence-corrected chi connectivity index (χ2v) is 4.74. The molecule has 15 heavy (non-hydrogen) atoms. The second kappa shape index (κ2) is 4.90. The maximum atomic E-state index is 5.74. The number of ether oxygens (including phenoxy) is 1. The SMILES string of the molecule is CCNC1c2ccccc2OCC1SC. The average Bonchev–Trinajstić information content (AvgIpc) is 2.30. The van der Waals surface area contributed by atoms with E-state index >= 15 is 0 Å². The first-order valence-electron chi connectivity index (χ1n) is 5.34.